The fourth-order valence-corrected chi connectivity index (χ4v) is 2.00. The van der Waals surface area contributed by atoms with Crippen molar-refractivity contribution in [1.82, 2.24) is 0 Å². The van der Waals surface area contributed by atoms with E-state index in [2.05, 4.69) is 13.8 Å². The van der Waals surface area contributed by atoms with E-state index in [0.29, 0.717) is 12.3 Å². The van der Waals surface area contributed by atoms with Crippen LogP contribution in [0.1, 0.15) is 60.6 Å². The van der Waals surface area contributed by atoms with Crippen molar-refractivity contribution in [2.24, 2.45) is 5.92 Å². The van der Waals surface area contributed by atoms with Crippen LogP contribution in [0.3, 0.4) is 0 Å². The molecule has 2 heteroatoms. The predicted molar refractivity (Wildman–Crippen MR) is 65.9 cm³/mol. The lowest BCUT2D eigenvalue weighted by Gasteiger charge is -2.04. The Balaban J connectivity index is 2.66. The second-order valence-electron chi connectivity index (χ2n) is 4.92. The van der Waals surface area contributed by atoms with Crippen molar-refractivity contribution in [2.45, 2.75) is 53.9 Å². The van der Waals surface area contributed by atoms with Gasteiger partial charge in [-0.15, -0.1) is 0 Å². The first-order valence-corrected chi connectivity index (χ1v) is 6.03. The number of hydrogen-bond donors (Lipinski definition) is 0. The topological polar surface area (TPSA) is 30.2 Å². The fourth-order valence-electron chi connectivity index (χ4n) is 2.00. The number of hydrogen-bond acceptors (Lipinski definition) is 2. The van der Waals surface area contributed by atoms with Gasteiger partial charge in [0.05, 0.1) is 5.56 Å². The standard InChI is InChI=1S/C14H22O2/c1-9(2)7-6-8-13(15)14-10(3)11(4)16-12(14)5/h9H,6-8H2,1-5H3. The van der Waals surface area contributed by atoms with Crippen molar-refractivity contribution in [3.8, 4) is 0 Å². The fraction of sp³-hybridized carbons (Fsp3) is 0.643. The van der Waals surface area contributed by atoms with Crippen molar-refractivity contribution in [3.63, 3.8) is 0 Å². The van der Waals surface area contributed by atoms with E-state index in [1.807, 2.05) is 20.8 Å². The average Bonchev–Trinajstić information content (AvgIpc) is 2.40. The third-order valence-corrected chi connectivity index (χ3v) is 3.03. The lowest BCUT2D eigenvalue weighted by Crippen LogP contribution is -2.02. The smallest absolute Gasteiger partial charge is 0.166 e. The molecular formula is C14H22O2. The summed E-state index contributed by atoms with van der Waals surface area (Å²) in [6.07, 6.45) is 2.72. The van der Waals surface area contributed by atoms with E-state index in [1.165, 1.54) is 0 Å². The maximum Gasteiger partial charge on any atom is 0.166 e. The molecule has 0 atom stereocenters. The van der Waals surface area contributed by atoms with Crippen LogP contribution in [0.5, 0.6) is 0 Å². The molecule has 0 saturated carbocycles. The molecule has 1 aromatic heterocycles. The zero-order valence-electron chi connectivity index (χ0n) is 11.0. The first kappa shape index (κ1) is 13.0. The monoisotopic (exact) mass is 222 g/mol. The van der Waals surface area contributed by atoms with Crippen LogP contribution in [0.4, 0.5) is 0 Å². The zero-order valence-corrected chi connectivity index (χ0v) is 11.0. The Hall–Kier alpha value is -1.05. The van der Waals surface area contributed by atoms with E-state index in [-0.39, 0.29) is 5.78 Å². The molecule has 0 bridgehead atoms. The highest BCUT2D eigenvalue weighted by Gasteiger charge is 2.17. The quantitative estimate of drug-likeness (QED) is 0.698. The van der Waals surface area contributed by atoms with Gasteiger partial charge in [0.1, 0.15) is 11.5 Å². The molecule has 0 aromatic carbocycles. The average molecular weight is 222 g/mol. The summed E-state index contributed by atoms with van der Waals surface area (Å²) in [7, 11) is 0. The van der Waals surface area contributed by atoms with Gasteiger partial charge in [-0.05, 0) is 33.1 Å². The zero-order chi connectivity index (χ0) is 12.3. The van der Waals surface area contributed by atoms with Gasteiger partial charge < -0.3 is 4.42 Å². The SMILES string of the molecule is Cc1oc(C)c(C(=O)CCCC(C)C)c1C. The van der Waals surface area contributed by atoms with Gasteiger partial charge in [-0.25, -0.2) is 0 Å². The van der Waals surface area contributed by atoms with Gasteiger partial charge in [-0.2, -0.15) is 0 Å². The number of rotatable bonds is 5. The molecule has 0 fully saturated rings. The predicted octanol–water partition coefficient (Wildman–Crippen LogP) is 4.21. The van der Waals surface area contributed by atoms with Crippen molar-refractivity contribution in [3.05, 3.63) is 22.6 Å². The molecule has 0 radical (unpaired) electrons. The van der Waals surface area contributed by atoms with E-state index >= 15 is 0 Å². The molecule has 16 heavy (non-hydrogen) atoms. The summed E-state index contributed by atoms with van der Waals surface area (Å²) < 4.78 is 5.47. The van der Waals surface area contributed by atoms with Gasteiger partial charge >= 0.3 is 0 Å². The normalized spacial score (nSPS) is 11.1. The van der Waals surface area contributed by atoms with Gasteiger partial charge in [0.25, 0.3) is 0 Å². The van der Waals surface area contributed by atoms with Gasteiger partial charge in [0.15, 0.2) is 5.78 Å². The summed E-state index contributed by atoms with van der Waals surface area (Å²) in [5.74, 6) is 2.53. The second kappa shape index (κ2) is 5.33. The number of carbonyl (C=O) groups excluding carboxylic acids is 1. The van der Waals surface area contributed by atoms with Crippen molar-refractivity contribution in [1.29, 1.82) is 0 Å². The number of ketones is 1. The number of furan rings is 1. The summed E-state index contributed by atoms with van der Waals surface area (Å²) in [5, 5.41) is 0. The summed E-state index contributed by atoms with van der Waals surface area (Å²) >= 11 is 0. The summed E-state index contributed by atoms with van der Waals surface area (Å²) in [4.78, 5) is 12.0. The highest BCUT2D eigenvalue weighted by molar-refractivity contribution is 5.98. The molecule has 0 N–H and O–H groups in total. The van der Waals surface area contributed by atoms with E-state index in [9.17, 15) is 4.79 Å². The molecule has 0 aliphatic heterocycles. The number of carbonyl (C=O) groups is 1. The Kier molecular flexibility index (Phi) is 4.34. The van der Waals surface area contributed by atoms with Crippen LogP contribution in [0.2, 0.25) is 0 Å². The highest BCUT2D eigenvalue weighted by atomic mass is 16.3. The van der Waals surface area contributed by atoms with Crippen LogP contribution in [-0.4, -0.2) is 5.78 Å². The van der Waals surface area contributed by atoms with E-state index in [0.717, 1.165) is 35.5 Å². The van der Waals surface area contributed by atoms with Crippen molar-refractivity contribution >= 4 is 5.78 Å². The van der Waals surface area contributed by atoms with Gasteiger partial charge in [-0.1, -0.05) is 20.3 Å². The highest BCUT2D eigenvalue weighted by Crippen LogP contribution is 2.23. The largest absolute Gasteiger partial charge is 0.466 e. The summed E-state index contributed by atoms with van der Waals surface area (Å²) in [6, 6.07) is 0. The molecule has 0 saturated heterocycles. The maximum atomic E-state index is 12.0. The molecule has 0 spiro atoms. The van der Waals surface area contributed by atoms with Crippen LogP contribution < -0.4 is 0 Å². The van der Waals surface area contributed by atoms with Gasteiger partial charge in [0.2, 0.25) is 0 Å². The molecule has 0 aliphatic rings. The van der Waals surface area contributed by atoms with Crippen LogP contribution in [0.25, 0.3) is 0 Å². The molecule has 1 aromatic rings. The van der Waals surface area contributed by atoms with Crippen LogP contribution in [0.15, 0.2) is 4.42 Å². The molecule has 0 unspecified atom stereocenters. The van der Waals surface area contributed by atoms with Crippen molar-refractivity contribution < 1.29 is 9.21 Å². The van der Waals surface area contributed by atoms with E-state index in [1.54, 1.807) is 0 Å². The number of Topliss-reactive ketones (excluding diaryl/α,β-unsaturated/α-hetero) is 1. The Morgan fingerprint density at radius 1 is 1.19 bits per heavy atom. The molecular weight excluding hydrogens is 200 g/mol. The first-order valence-electron chi connectivity index (χ1n) is 6.03. The van der Waals surface area contributed by atoms with E-state index in [4.69, 9.17) is 4.42 Å². The third-order valence-electron chi connectivity index (χ3n) is 3.03. The maximum absolute atomic E-state index is 12.0. The third kappa shape index (κ3) is 2.97. The Morgan fingerprint density at radius 2 is 1.81 bits per heavy atom. The van der Waals surface area contributed by atoms with E-state index < -0.39 is 0 Å². The Morgan fingerprint density at radius 3 is 2.25 bits per heavy atom. The molecule has 90 valence electrons. The molecule has 1 heterocycles. The summed E-state index contributed by atoms with van der Waals surface area (Å²) in [5.41, 5.74) is 1.81. The second-order valence-corrected chi connectivity index (χ2v) is 4.92. The summed E-state index contributed by atoms with van der Waals surface area (Å²) in [6.45, 7) is 10.1. The minimum atomic E-state index is 0.229. The van der Waals surface area contributed by atoms with Gasteiger partial charge in [-0.3, -0.25) is 4.79 Å². The lowest BCUT2D eigenvalue weighted by atomic mass is 9.99. The molecule has 0 amide bonds. The molecule has 2 nitrogen and oxygen atoms in total. The van der Waals surface area contributed by atoms with Crippen molar-refractivity contribution in [2.75, 3.05) is 0 Å². The Labute approximate surface area is 98.0 Å². The molecule has 0 aliphatic carbocycles. The minimum Gasteiger partial charge on any atom is -0.466 e. The van der Waals surface area contributed by atoms with Crippen LogP contribution in [-0.2, 0) is 0 Å². The van der Waals surface area contributed by atoms with Crippen LogP contribution in [0, 0.1) is 26.7 Å². The minimum absolute atomic E-state index is 0.229. The first-order chi connectivity index (χ1) is 7.43. The Bertz CT molecular complexity index is 372. The van der Waals surface area contributed by atoms with Crippen LogP contribution >= 0.6 is 0 Å². The lowest BCUT2D eigenvalue weighted by molar-refractivity contribution is 0.0976. The van der Waals surface area contributed by atoms with Gasteiger partial charge in [0, 0.05) is 12.0 Å². The molecule has 1 rings (SSSR count). The number of aryl methyl sites for hydroxylation is 2.